The standard InChI is InChI=1S/C19H18BrNO6/c1-25-15-10-11(9-13(20)18(15)26-2)7-8-16(22)21-14-6-4-5-12(17(14)23)19(24)27-3/h4-10,23H,1-3H3,(H,21,22)/b8-7+. The van der Waals surface area contributed by atoms with Crippen LogP contribution in [-0.4, -0.2) is 38.3 Å². The van der Waals surface area contributed by atoms with Crippen LogP contribution in [0.4, 0.5) is 5.69 Å². The number of halogens is 1. The Morgan fingerprint density at radius 1 is 1.15 bits per heavy atom. The topological polar surface area (TPSA) is 94.1 Å². The quantitative estimate of drug-likeness (QED) is 0.408. The Labute approximate surface area is 164 Å². The van der Waals surface area contributed by atoms with Crippen LogP contribution in [0, 0.1) is 0 Å². The Balaban J connectivity index is 2.19. The SMILES string of the molecule is COC(=O)c1cccc(NC(=O)/C=C/c2cc(Br)c(OC)c(OC)c2)c1O. The average molecular weight is 436 g/mol. The van der Waals surface area contributed by atoms with E-state index < -0.39 is 11.9 Å². The lowest BCUT2D eigenvalue weighted by Crippen LogP contribution is -2.10. The summed E-state index contributed by atoms with van der Waals surface area (Å²) in [6.45, 7) is 0. The van der Waals surface area contributed by atoms with Gasteiger partial charge in [0.1, 0.15) is 5.56 Å². The van der Waals surface area contributed by atoms with Crippen molar-refractivity contribution in [3.05, 3.63) is 52.0 Å². The van der Waals surface area contributed by atoms with Gasteiger partial charge in [-0.3, -0.25) is 4.79 Å². The Morgan fingerprint density at radius 3 is 2.52 bits per heavy atom. The second kappa shape index (κ2) is 9.09. The molecule has 27 heavy (non-hydrogen) atoms. The molecule has 0 saturated heterocycles. The minimum atomic E-state index is -0.700. The van der Waals surface area contributed by atoms with Crippen molar-refractivity contribution in [1.29, 1.82) is 0 Å². The molecular formula is C19H18BrNO6. The number of amides is 1. The van der Waals surface area contributed by atoms with E-state index in [4.69, 9.17) is 9.47 Å². The van der Waals surface area contributed by atoms with Crippen LogP contribution in [0.3, 0.4) is 0 Å². The Morgan fingerprint density at radius 2 is 1.89 bits per heavy atom. The average Bonchev–Trinajstić information content (AvgIpc) is 2.66. The maximum atomic E-state index is 12.2. The molecule has 0 aliphatic rings. The molecule has 1 amide bonds. The molecule has 0 heterocycles. The first-order valence-corrected chi connectivity index (χ1v) is 8.51. The molecule has 0 saturated carbocycles. The summed E-state index contributed by atoms with van der Waals surface area (Å²) >= 11 is 3.38. The number of carbonyl (C=O) groups excluding carboxylic acids is 2. The summed E-state index contributed by atoms with van der Waals surface area (Å²) in [5.74, 6) is -0.494. The lowest BCUT2D eigenvalue weighted by molar-refractivity contribution is -0.111. The number of carbonyl (C=O) groups is 2. The second-order valence-corrected chi connectivity index (χ2v) is 6.11. The van der Waals surface area contributed by atoms with Crippen LogP contribution in [0.1, 0.15) is 15.9 Å². The number of methoxy groups -OCH3 is 3. The number of nitrogens with one attached hydrogen (secondary N) is 1. The lowest BCUT2D eigenvalue weighted by atomic mass is 10.1. The molecule has 2 rings (SSSR count). The van der Waals surface area contributed by atoms with Crippen LogP contribution in [0.5, 0.6) is 17.2 Å². The van der Waals surface area contributed by atoms with Gasteiger partial charge in [-0.15, -0.1) is 0 Å². The third-order valence-corrected chi connectivity index (χ3v) is 4.17. The summed E-state index contributed by atoms with van der Waals surface area (Å²) in [6, 6.07) is 7.87. The van der Waals surface area contributed by atoms with E-state index in [-0.39, 0.29) is 17.0 Å². The molecular weight excluding hydrogens is 418 g/mol. The molecule has 0 fully saturated rings. The molecule has 0 aliphatic heterocycles. The zero-order valence-electron chi connectivity index (χ0n) is 14.9. The number of rotatable bonds is 6. The van der Waals surface area contributed by atoms with Crippen LogP contribution in [0.15, 0.2) is 40.9 Å². The predicted octanol–water partition coefficient (Wildman–Crippen LogP) is 3.61. The Hall–Kier alpha value is -3.00. The Bertz CT molecular complexity index is 894. The van der Waals surface area contributed by atoms with Crippen LogP contribution in [0.25, 0.3) is 6.08 Å². The van der Waals surface area contributed by atoms with Gasteiger partial charge in [0.2, 0.25) is 5.91 Å². The van der Waals surface area contributed by atoms with Crippen molar-refractivity contribution >= 4 is 39.6 Å². The molecule has 2 aromatic carbocycles. The molecule has 0 aliphatic carbocycles. The first kappa shape index (κ1) is 20.3. The van der Waals surface area contributed by atoms with Gasteiger partial charge in [0.05, 0.1) is 31.5 Å². The largest absolute Gasteiger partial charge is 0.505 e. The summed E-state index contributed by atoms with van der Waals surface area (Å²) in [5.41, 5.74) is 0.756. The highest BCUT2D eigenvalue weighted by Gasteiger charge is 2.15. The van der Waals surface area contributed by atoms with Gasteiger partial charge >= 0.3 is 5.97 Å². The van der Waals surface area contributed by atoms with Gasteiger partial charge in [-0.1, -0.05) is 6.07 Å². The summed E-state index contributed by atoms with van der Waals surface area (Å²) in [6.07, 6.45) is 2.86. The van der Waals surface area contributed by atoms with E-state index in [0.717, 1.165) is 0 Å². The highest BCUT2D eigenvalue weighted by atomic mass is 79.9. The number of hydrogen-bond donors (Lipinski definition) is 2. The summed E-state index contributed by atoms with van der Waals surface area (Å²) < 4.78 is 15.8. The molecule has 0 bridgehead atoms. The molecule has 8 heteroatoms. The number of phenols is 1. The fourth-order valence-corrected chi connectivity index (χ4v) is 2.92. The molecule has 0 aromatic heterocycles. The van der Waals surface area contributed by atoms with E-state index in [1.807, 2.05) is 0 Å². The third-order valence-electron chi connectivity index (χ3n) is 3.58. The minimum absolute atomic E-state index is 0.0388. The monoisotopic (exact) mass is 435 g/mol. The van der Waals surface area contributed by atoms with Gasteiger partial charge in [0.15, 0.2) is 17.2 Å². The minimum Gasteiger partial charge on any atom is -0.505 e. The fourth-order valence-electron chi connectivity index (χ4n) is 2.30. The summed E-state index contributed by atoms with van der Waals surface area (Å²) in [7, 11) is 4.25. The highest BCUT2D eigenvalue weighted by molar-refractivity contribution is 9.10. The van der Waals surface area contributed by atoms with Gasteiger partial charge in [0, 0.05) is 6.08 Å². The molecule has 7 nitrogen and oxygen atoms in total. The van der Waals surface area contributed by atoms with Crippen LogP contribution in [-0.2, 0) is 9.53 Å². The van der Waals surface area contributed by atoms with E-state index in [1.165, 1.54) is 45.6 Å². The lowest BCUT2D eigenvalue weighted by Gasteiger charge is -2.10. The van der Waals surface area contributed by atoms with Gasteiger partial charge in [0.25, 0.3) is 0 Å². The second-order valence-electron chi connectivity index (χ2n) is 5.25. The molecule has 2 N–H and O–H groups in total. The molecule has 0 unspecified atom stereocenters. The van der Waals surface area contributed by atoms with E-state index >= 15 is 0 Å². The van der Waals surface area contributed by atoms with Crippen LogP contribution in [0.2, 0.25) is 0 Å². The first-order chi connectivity index (χ1) is 12.9. The number of para-hydroxylation sites is 1. The maximum absolute atomic E-state index is 12.2. The zero-order valence-corrected chi connectivity index (χ0v) is 16.5. The van der Waals surface area contributed by atoms with Gasteiger partial charge < -0.3 is 24.6 Å². The van der Waals surface area contributed by atoms with Crippen molar-refractivity contribution in [2.75, 3.05) is 26.6 Å². The van der Waals surface area contributed by atoms with Gasteiger partial charge in [-0.2, -0.15) is 0 Å². The van der Waals surface area contributed by atoms with Crippen molar-refractivity contribution in [2.24, 2.45) is 0 Å². The zero-order chi connectivity index (χ0) is 20.0. The van der Waals surface area contributed by atoms with Gasteiger partial charge in [-0.05, 0) is 51.8 Å². The highest BCUT2D eigenvalue weighted by Crippen LogP contribution is 2.36. The number of hydrogen-bond acceptors (Lipinski definition) is 6. The van der Waals surface area contributed by atoms with Crippen molar-refractivity contribution in [1.82, 2.24) is 0 Å². The van der Waals surface area contributed by atoms with Gasteiger partial charge in [-0.25, -0.2) is 4.79 Å². The van der Waals surface area contributed by atoms with Crippen molar-refractivity contribution in [2.45, 2.75) is 0 Å². The maximum Gasteiger partial charge on any atom is 0.341 e. The number of anilines is 1. The Kier molecular flexibility index (Phi) is 6.84. The van der Waals surface area contributed by atoms with Crippen molar-refractivity contribution in [3.8, 4) is 17.2 Å². The number of benzene rings is 2. The number of ether oxygens (including phenoxy) is 3. The van der Waals surface area contributed by atoms with E-state index in [2.05, 4.69) is 26.0 Å². The van der Waals surface area contributed by atoms with E-state index in [1.54, 1.807) is 18.2 Å². The third kappa shape index (κ3) is 4.79. The molecule has 0 radical (unpaired) electrons. The number of aromatic hydroxyl groups is 1. The number of phenolic OH excluding ortho intramolecular Hbond substituents is 1. The van der Waals surface area contributed by atoms with E-state index in [0.29, 0.717) is 21.5 Å². The smallest absolute Gasteiger partial charge is 0.341 e. The molecule has 0 atom stereocenters. The molecule has 142 valence electrons. The number of esters is 1. The first-order valence-electron chi connectivity index (χ1n) is 7.72. The van der Waals surface area contributed by atoms with E-state index in [9.17, 15) is 14.7 Å². The van der Waals surface area contributed by atoms with Crippen molar-refractivity contribution in [3.63, 3.8) is 0 Å². The van der Waals surface area contributed by atoms with Crippen molar-refractivity contribution < 1.29 is 28.9 Å². The van der Waals surface area contributed by atoms with Crippen LogP contribution < -0.4 is 14.8 Å². The predicted molar refractivity (Wildman–Crippen MR) is 104 cm³/mol. The summed E-state index contributed by atoms with van der Waals surface area (Å²) in [5, 5.41) is 12.6. The summed E-state index contributed by atoms with van der Waals surface area (Å²) in [4.78, 5) is 23.8. The fraction of sp³-hybridized carbons (Fsp3) is 0.158. The molecule has 2 aromatic rings. The normalized spacial score (nSPS) is 10.5. The van der Waals surface area contributed by atoms with Crippen LogP contribution >= 0.6 is 15.9 Å². The molecule has 0 spiro atoms.